The molecular formula is C18H29Na2O4P. The number of unbranched alkanes of at least 4 members (excludes halogenated alkanes) is 9. The molecule has 0 saturated carbocycles. The van der Waals surface area contributed by atoms with Crippen LogP contribution in [0.5, 0.6) is 0 Å². The van der Waals surface area contributed by atoms with Crippen LogP contribution >= 0.6 is 7.82 Å². The maximum atomic E-state index is 10.2. The van der Waals surface area contributed by atoms with Gasteiger partial charge >= 0.3 is 59.1 Å². The molecule has 0 aromatic heterocycles. The summed E-state index contributed by atoms with van der Waals surface area (Å²) >= 11 is 0. The molecule has 0 unspecified atom stereocenters. The minimum Gasteiger partial charge on any atom is -0.790 e. The van der Waals surface area contributed by atoms with Gasteiger partial charge in [-0.3, -0.25) is 0 Å². The number of benzene rings is 1. The Morgan fingerprint density at radius 3 is 1.64 bits per heavy atom. The molecule has 0 bridgehead atoms. The van der Waals surface area contributed by atoms with Gasteiger partial charge in [0.15, 0.2) is 0 Å². The summed E-state index contributed by atoms with van der Waals surface area (Å²) in [5.74, 6) is 0. The van der Waals surface area contributed by atoms with Crippen molar-refractivity contribution in [2.24, 2.45) is 0 Å². The Kier molecular flexibility index (Phi) is 21.3. The fourth-order valence-corrected chi connectivity index (χ4v) is 3.02. The van der Waals surface area contributed by atoms with Gasteiger partial charge in [0.25, 0.3) is 0 Å². The van der Waals surface area contributed by atoms with Crippen LogP contribution in [-0.2, 0) is 15.5 Å². The maximum absolute atomic E-state index is 10.2. The standard InChI is InChI=1S/C18H31O4P.2Na/c19-23(20,21)22-17-13-8-6-4-2-1-3-5-7-10-14-18-15-11-9-12-16-18;;/h9,11-12,15-16H,1-8,10,13-14,17H2,(H2,19,20,21);;/q;2*+1/p-2. The van der Waals surface area contributed by atoms with E-state index in [1.165, 1.54) is 56.9 Å². The second kappa shape index (κ2) is 18.7. The second-order valence-corrected chi connectivity index (χ2v) is 7.20. The molecule has 0 saturated heterocycles. The molecule has 0 atom stereocenters. The summed E-state index contributed by atoms with van der Waals surface area (Å²) in [4.78, 5) is 20.5. The predicted molar refractivity (Wildman–Crippen MR) is 89.9 cm³/mol. The molecule has 1 aromatic rings. The van der Waals surface area contributed by atoms with Crippen LogP contribution in [0.3, 0.4) is 0 Å². The van der Waals surface area contributed by atoms with Crippen LogP contribution in [0.25, 0.3) is 0 Å². The fraction of sp³-hybridized carbons (Fsp3) is 0.667. The molecule has 0 heterocycles. The number of hydrogen-bond donors (Lipinski definition) is 0. The average Bonchev–Trinajstić information content (AvgIpc) is 2.52. The van der Waals surface area contributed by atoms with Crippen molar-refractivity contribution in [2.45, 2.75) is 70.6 Å². The predicted octanol–water partition coefficient (Wildman–Crippen LogP) is -2.02. The van der Waals surface area contributed by atoms with E-state index in [9.17, 15) is 14.4 Å². The van der Waals surface area contributed by atoms with Gasteiger partial charge in [-0.05, 0) is 24.8 Å². The molecule has 7 heteroatoms. The molecule has 0 aliphatic heterocycles. The zero-order chi connectivity index (χ0) is 16.8. The monoisotopic (exact) mass is 386 g/mol. The first kappa shape index (κ1) is 28.5. The van der Waals surface area contributed by atoms with Gasteiger partial charge in [-0.25, -0.2) is 0 Å². The minimum atomic E-state index is -4.77. The molecule has 0 N–H and O–H groups in total. The SMILES string of the molecule is O=P([O-])([O-])OCCCCCCCCCCCCc1ccccc1.[Na+].[Na+]. The zero-order valence-electron chi connectivity index (χ0n) is 16.0. The summed E-state index contributed by atoms with van der Waals surface area (Å²) in [5.41, 5.74) is 1.43. The molecule has 0 aliphatic carbocycles. The van der Waals surface area contributed by atoms with Crippen molar-refractivity contribution >= 4 is 7.82 Å². The van der Waals surface area contributed by atoms with Crippen LogP contribution in [0.1, 0.15) is 69.8 Å². The van der Waals surface area contributed by atoms with Crippen molar-refractivity contribution in [3.05, 3.63) is 35.9 Å². The second-order valence-electron chi connectivity index (χ2n) is 6.05. The summed E-state index contributed by atoms with van der Waals surface area (Å²) in [5, 5.41) is 0. The van der Waals surface area contributed by atoms with Crippen molar-refractivity contribution in [1.82, 2.24) is 0 Å². The van der Waals surface area contributed by atoms with Crippen LogP contribution in [0.4, 0.5) is 0 Å². The number of hydrogen-bond acceptors (Lipinski definition) is 4. The maximum Gasteiger partial charge on any atom is 1.00 e. The van der Waals surface area contributed by atoms with Gasteiger partial charge in [0.05, 0.1) is 14.4 Å². The normalized spacial score (nSPS) is 10.8. The minimum absolute atomic E-state index is 0. The van der Waals surface area contributed by atoms with Gasteiger partial charge in [0.1, 0.15) is 0 Å². The molecule has 0 fully saturated rings. The van der Waals surface area contributed by atoms with Crippen molar-refractivity contribution in [1.29, 1.82) is 0 Å². The first-order chi connectivity index (χ1) is 11.1. The molecule has 0 spiro atoms. The topological polar surface area (TPSA) is 72.4 Å². The summed E-state index contributed by atoms with van der Waals surface area (Å²) in [6, 6.07) is 10.6. The molecule has 132 valence electrons. The van der Waals surface area contributed by atoms with Crippen LogP contribution in [0.15, 0.2) is 30.3 Å². The molecule has 0 radical (unpaired) electrons. The molecule has 0 aliphatic rings. The van der Waals surface area contributed by atoms with Gasteiger partial charge in [0.2, 0.25) is 0 Å². The number of phosphoric ester groups is 1. The summed E-state index contributed by atoms with van der Waals surface area (Å²) in [6.45, 7) is 0.0334. The molecular weight excluding hydrogens is 357 g/mol. The summed E-state index contributed by atoms with van der Waals surface area (Å²) < 4.78 is 14.4. The van der Waals surface area contributed by atoms with E-state index < -0.39 is 7.82 Å². The Morgan fingerprint density at radius 1 is 0.720 bits per heavy atom. The first-order valence-corrected chi connectivity index (χ1v) is 10.2. The smallest absolute Gasteiger partial charge is 0.790 e. The third-order valence-corrected chi connectivity index (χ3v) is 4.45. The Morgan fingerprint density at radius 2 is 1.16 bits per heavy atom. The van der Waals surface area contributed by atoms with E-state index in [2.05, 4.69) is 34.9 Å². The third-order valence-electron chi connectivity index (χ3n) is 3.95. The van der Waals surface area contributed by atoms with Gasteiger partial charge < -0.3 is 18.9 Å². The zero-order valence-corrected chi connectivity index (χ0v) is 20.8. The number of phosphoric acid groups is 1. The van der Waals surface area contributed by atoms with Crippen molar-refractivity contribution in [2.75, 3.05) is 6.61 Å². The van der Waals surface area contributed by atoms with Crippen LogP contribution < -0.4 is 68.9 Å². The van der Waals surface area contributed by atoms with E-state index in [1.54, 1.807) is 0 Å². The average molecular weight is 386 g/mol. The molecule has 25 heavy (non-hydrogen) atoms. The molecule has 0 amide bonds. The number of rotatable bonds is 14. The van der Waals surface area contributed by atoms with E-state index >= 15 is 0 Å². The van der Waals surface area contributed by atoms with Gasteiger partial charge in [-0.1, -0.05) is 81.7 Å². The van der Waals surface area contributed by atoms with E-state index in [-0.39, 0.29) is 65.7 Å². The van der Waals surface area contributed by atoms with Crippen LogP contribution in [-0.4, -0.2) is 6.61 Å². The van der Waals surface area contributed by atoms with Gasteiger partial charge in [0, 0.05) is 0 Å². The van der Waals surface area contributed by atoms with Crippen LogP contribution in [0, 0.1) is 0 Å². The van der Waals surface area contributed by atoms with Gasteiger partial charge in [-0.15, -0.1) is 0 Å². The Labute approximate surface area is 197 Å². The molecule has 1 aromatic carbocycles. The van der Waals surface area contributed by atoms with E-state index in [1.807, 2.05) is 0 Å². The summed E-state index contributed by atoms with van der Waals surface area (Å²) in [6.07, 6.45) is 12.7. The Hall–Kier alpha value is 1.33. The van der Waals surface area contributed by atoms with Crippen LogP contribution in [0.2, 0.25) is 0 Å². The quantitative estimate of drug-likeness (QED) is 0.210. The fourth-order valence-electron chi connectivity index (χ4n) is 2.67. The van der Waals surface area contributed by atoms with Crippen molar-refractivity contribution in [3.8, 4) is 0 Å². The van der Waals surface area contributed by atoms with E-state index in [4.69, 9.17) is 0 Å². The molecule has 4 nitrogen and oxygen atoms in total. The molecule has 1 rings (SSSR count). The van der Waals surface area contributed by atoms with Crippen molar-refractivity contribution in [3.63, 3.8) is 0 Å². The van der Waals surface area contributed by atoms with Gasteiger partial charge in [-0.2, -0.15) is 0 Å². The van der Waals surface area contributed by atoms with E-state index in [0.29, 0.717) is 6.42 Å². The Bertz CT molecular complexity index is 440. The summed E-state index contributed by atoms with van der Waals surface area (Å²) in [7, 11) is -4.77. The first-order valence-electron chi connectivity index (χ1n) is 8.78. The van der Waals surface area contributed by atoms with E-state index in [0.717, 1.165) is 12.8 Å². The largest absolute Gasteiger partial charge is 1.00 e. The Balaban J connectivity index is 0. The number of aryl methyl sites for hydroxylation is 1. The van der Waals surface area contributed by atoms with Crippen molar-refractivity contribution < 1.29 is 78.0 Å². The third kappa shape index (κ3) is 19.9.